The fourth-order valence-electron chi connectivity index (χ4n) is 3.98. The first-order valence-electron chi connectivity index (χ1n) is 7.74. The Morgan fingerprint density at radius 2 is 1.36 bits per heavy atom. The quantitative estimate of drug-likeness (QED) is 0.818. The lowest BCUT2D eigenvalue weighted by Gasteiger charge is -2.28. The minimum atomic E-state index is 0.0252. The molecule has 0 fully saturated rings. The predicted molar refractivity (Wildman–Crippen MR) is 90.1 cm³/mol. The Morgan fingerprint density at radius 3 is 1.95 bits per heavy atom. The highest BCUT2D eigenvalue weighted by Gasteiger charge is 2.45. The molecule has 0 heterocycles. The van der Waals surface area contributed by atoms with Gasteiger partial charge in [0, 0.05) is 5.41 Å². The molecule has 116 valence electrons. The molecule has 2 heteroatoms. The zero-order valence-electron chi connectivity index (χ0n) is 14.1. The smallest absolute Gasteiger partial charge is 0.119 e. The molecule has 0 saturated heterocycles. The van der Waals surface area contributed by atoms with E-state index in [4.69, 9.17) is 9.47 Å². The first-order valence-corrected chi connectivity index (χ1v) is 7.74. The summed E-state index contributed by atoms with van der Waals surface area (Å²) in [7, 11) is 3.43. The highest BCUT2D eigenvalue weighted by Crippen LogP contribution is 2.53. The van der Waals surface area contributed by atoms with Crippen LogP contribution in [-0.4, -0.2) is 14.2 Å². The Hall–Kier alpha value is -1.96. The molecule has 0 bridgehead atoms. The van der Waals surface area contributed by atoms with Crippen LogP contribution in [0, 0.1) is 0 Å². The van der Waals surface area contributed by atoms with Gasteiger partial charge in [0.1, 0.15) is 11.5 Å². The van der Waals surface area contributed by atoms with Crippen molar-refractivity contribution in [1.82, 2.24) is 0 Å². The summed E-state index contributed by atoms with van der Waals surface area (Å²) in [5.74, 6) is 1.84. The van der Waals surface area contributed by atoms with Crippen molar-refractivity contribution in [3.8, 4) is 11.5 Å². The van der Waals surface area contributed by atoms with E-state index in [9.17, 15) is 0 Å². The van der Waals surface area contributed by atoms with Gasteiger partial charge in [-0.05, 0) is 52.8 Å². The van der Waals surface area contributed by atoms with E-state index in [0.29, 0.717) is 0 Å². The minimum Gasteiger partial charge on any atom is -0.497 e. The van der Waals surface area contributed by atoms with Crippen molar-refractivity contribution in [2.24, 2.45) is 0 Å². The second kappa shape index (κ2) is 5.05. The van der Waals surface area contributed by atoms with E-state index in [-0.39, 0.29) is 10.8 Å². The fraction of sp³-hybridized carbons (Fsp3) is 0.400. The average molecular weight is 296 g/mol. The van der Waals surface area contributed by atoms with E-state index in [0.717, 1.165) is 17.9 Å². The summed E-state index contributed by atoms with van der Waals surface area (Å²) in [5, 5.41) is 0. The van der Waals surface area contributed by atoms with Crippen molar-refractivity contribution >= 4 is 0 Å². The molecule has 0 N–H and O–H groups in total. The maximum atomic E-state index is 5.42. The zero-order chi connectivity index (χ0) is 16.0. The van der Waals surface area contributed by atoms with Crippen LogP contribution in [0.4, 0.5) is 0 Å². The van der Waals surface area contributed by atoms with Crippen molar-refractivity contribution < 1.29 is 9.47 Å². The van der Waals surface area contributed by atoms with Crippen molar-refractivity contribution in [2.75, 3.05) is 14.2 Å². The van der Waals surface area contributed by atoms with Crippen molar-refractivity contribution in [3.63, 3.8) is 0 Å². The summed E-state index contributed by atoms with van der Waals surface area (Å²) in [6, 6.07) is 15.0. The third kappa shape index (κ3) is 2.18. The molecule has 0 aliphatic heterocycles. The van der Waals surface area contributed by atoms with Crippen molar-refractivity contribution in [3.05, 3.63) is 59.2 Å². The van der Waals surface area contributed by atoms with Gasteiger partial charge in [-0.15, -0.1) is 0 Å². The Bertz CT molecular complexity index is 685. The average Bonchev–Trinajstić information content (AvgIpc) is 2.74. The van der Waals surface area contributed by atoms with Gasteiger partial charge in [0.2, 0.25) is 0 Å². The van der Waals surface area contributed by atoms with E-state index in [1.807, 2.05) is 0 Å². The molecule has 1 unspecified atom stereocenters. The molecule has 0 amide bonds. The lowest BCUT2D eigenvalue weighted by atomic mass is 9.75. The largest absolute Gasteiger partial charge is 0.497 e. The molecule has 2 aromatic carbocycles. The Kier molecular flexibility index (Phi) is 3.43. The summed E-state index contributed by atoms with van der Waals surface area (Å²) in [4.78, 5) is 0. The van der Waals surface area contributed by atoms with E-state index in [1.54, 1.807) is 14.2 Å². The second-order valence-electron chi connectivity index (χ2n) is 7.03. The SMILES string of the molecule is COc1ccc(C2(C)CC(C)(C)c3cc(OC)ccc32)cc1. The van der Waals surface area contributed by atoms with Gasteiger partial charge in [-0.1, -0.05) is 39.0 Å². The van der Waals surface area contributed by atoms with Gasteiger partial charge in [-0.3, -0.25) is 0 Å². The van der Waals surface area contributed by atoms with E-state index in [2.05, 4.69) is 63.2 Å². The summed E-state index contributed by atoms with van der Waals surface area (Å²) in [6.07, 6.45) is 1.09. The van der Waals surface area contributed by atoms with Crippen LogP contribution in [0.15, 0.2) is 42.5 Å². The lowest BCUT2D eigenvalue weighted by molar-refractivity contribution is 0.408. The van der Waals surface area contributed by atoms with Crippen LogP contribution in [0.25, 0.3) is 0 Å². The van der Waals surface area contributed by atoms with Crippen LogP contribution in [0.5, 0.6) is 11.5 Å². The molecular weight excluding hydrogens is 272 g/mol. The van der Waals surface area contributed by atoms with Crippen LogP contribution in [0.3, 0.4) is 0 Å². The number of benzene rings is 2. The molecule has 3 rings (SSSR count). The first kappa shape index (κ1) is 15.0. The van der Waals surface area contributed by atoms with Crippen LogP contribution in [-0.2, 0) is 10.8 Å². The van der Waals surface area contributed by atoms with Crippen molar-refractivity contribution in [1.29, 1.82) is 0 Å². The van der Waals surface area contributed by atoms with Crippen LogP contribution in [0.1, 0.15) is 43.9 Å². The molecule has 1 atom stereocenters. The summed E-state index contributed by atoms with van der Waals surface area (Å²) in [6.45, 7) is 6.98. The first-order chi connectivity index (χ1) is 10.4. The van der Waals surface area contributed by atoms with Crippen LogP contribution < -0.4 is 9.47 Å². The topological polar surface area (TPSA) is 18.5 Å². The number of rotatable bonds is 3. The second-order valence-corrected chi connectivity index (χ2v) is 7.03. The Balaban J connectivity index is 2.13. The standard InChI is InChI=1S/C20H24O2/c1-19(2)13-20(3,14-6-8-15(21-4)9-7-14)17-11-10-16(22-5)12-18(17)19/h6-12H,13H2,1-5H3. The summed E-state index contributed by atoms with van der Waals surface area (Å²) >= 11 is 0. The zero-order valence-corrected chi connectivity index (χ0v) is 14.1. The molecule has 0 spiro atoms. The van der Waals surface area contributed by atoms with E-state index >= 15 is 0 Å². The maximum Gasteiger partial charge on any atom is 0.119 e. The van der Waals surface area contributed by atoms with Gasteiger partial charge in [0.05, 0.1) is 14.2 Å². The number of fused-ring (bicyclic) bond motifs is 1. The molecule has 0 saturated carbocycles. The normalized spacial score (nSPS) is 22.2. The third-order valence-electron chi connectivity index (χ3n) is 5.07. The fourth-order valence-corrected chi connectivity index (χ4v) is 3.98. The van der Waals surface area contributed by atoms with Gasteiger partial charge in [0.15, 0.2) is 0 Å². The monoisotopic (exact) mass is 296 g/mol. The van der Waals surface area contributed by atoms with Gasteiger partial charge in [-0.2, -0.15) is 0 Å². The molecule has 0 aromatic heterocycles. The van der Waals surface area contributed by atoms with Gasteiger partial charge in [-0.25, -0.2) is 0 Å². The van der Waals surface area contributed by atoms with Gasteiger partial charge >= 0.3 is 0 Å². The van der Waals surface area contributed by atoms with E-state index in [1.165, 1.54) is 16.7 Å². The Morgan fingerprint density at radius 1 is 0.773 bits per heavy atom. The van der Waals surface area contributed by atoms with Crippen LogP contribution in [0.2, 0.25) is 0 Å². The molecule has 0 radical (unpaired) electrons. The van der Waals surface area contributed by atoms with Gasteiger partial charge in [0.25, 0.3) is 0 Å². The molecule has 2 nitrogen and oxygen atoms in total. The number of hydrogen-bond acceptors (Lipinski definition) is 2. The number of hydrogen-bond donors (Lipinski definition) is 0. The third-order valence-corrected chi connectivity index (χ3v) is 5.07. The van der Waals surface area contributed by atoms with Gasteiger partial charge < -0.3 is 9.47 Å². The predicted octanol–water partition coefficient (Wildman–Crippen LogP) is 4.69. The maximum absolute atomic E-state index is 5.42. The highest BCUT2D eigenvalue weighted by atomic mass is 16.5. The molecule has 1 aliphatic rings. The number of ether oxygens (including phenoxy) is 2. The number of methoxy groups -OCH3 is 2. The molecule has 1 aliphatic carbocycles. The summed E-state index contributed by atoms with van der Waals surface area (Å²) < 4.78 is 10.7. The highest BCUT2D eigenvalue weighted by molar-refractivity contribution is 5.54. The minimum absolute atomic E-state index is 0.0252. The Labute approximate surface area is 133 Å². The molecule has 2 aromatic rings. The van der Waals surface area contributed by atoms with Crippen LogP contribution >= 0.6 is 0 Å². The van der Waals surface area contributed by atoms with E-state index < -0.39 is 0 Å². The summed E-state index contributed by atoms with van der Waals surface area (Å²) in [5.41, 5.74) is 4.30. The molecular formula is C20H24O2. The lowest BCUT2D eigenvalue weighted by Crippen LogP contribution is -2.23. The van der Waals surface area contributed by atoms with Crippen molar-refractivity contribution in [2.45, 2.75) is 38.0 Å². The molecule has 22 heavy (non-hydrogen) atoms.